The first kappa shape index (κ1) is 13.4. The molecule has 0 radical (unpaired) electrons. The number of amides is 1. The van der Waals surface area contributed by atoms with Gasteiger partial charge in [0.05, 0.1) is 6.26 Å². The van der Waals surface area contributed by atoms with Gasteiger partial charge in [0.2, 0.25) is 10.0 Å². The average Bonchev–Trinajstić information content (AvgIpc) is 2.80. The van der Waals surface area contributed by atoms with Gasteiger partial charge in [0.25, 0.3) is 5.91 Å². The number of benzene rings is 1. The van der Waals surface area contributed by atoms with Crippen LogP contribution in [-0.4, -0.2) is 25.1 Å². The number of sulfonamides is 1. The van der Waals surface area contributed by atoms with Gasteiger partial charge in [-0.15, -0.1) is 0 Å². The molecule has 6 heteroatoms. The zero-order valence-corrected chi connectivity index (χ0v) is 11.4. The second-order valence-electron chi connectivity index (χ2n) is 4.29. The van der Waals surface area contributed by atoms with Crippen molar-refractivity contribution in [2.45, 2.75) is 6.92 Å². The summed E-state index contributed by atoms with van der Waals surface area (Å²) in [5.41, 5.74) is 2.14. The first-order valence-electron chi connectivity index (χ1n) is 5.63. The molecule has 0 aliphatic heterocycles. The summed E-state index contributed by atoms with van der Waals surface area (Å²) in [5, 5.41) is 0. The zero-order valence-electron chi connectivity index (χ0n) is 10.6. The molecular formula is C13H14N2O3S. The Kier molecular flexibility index (Phi) is 3.44. The number of carbonyl (C=O) groups is 1. The third-order valence-electron chi connectivity index (χ3n) is 2.63. The predicted molar refractivity (Wildman–Crippen MR) is 72.8 cm³/mol. The molecule has 0 aliphatic carbocycles. The number of carbonyl (C=O) groups excluding carboxylic acids is 1. The van der Waals surface area contributed by atoms with Crippen LogP contribution in [0.3, 0.4) is 0 Å². The fraction of sp³-hybridized carbons (Fsp3) is 0.154. The molecule has 0 aliphatic rings. The van der Waals surface area contributed by atoms with Crippen LogP contribution in [0.5, 0.6) is 0 Å². The molecule has 0 unspecified atom stereocenters. The smallest absolute Gasteiger partial charge is 0.264 e. The van der Waals surface area contributed by atoms with Crippen LogP contribution >= 0.6 is 0 Å². The summed E-state index contributed by atoms with van der Waals surface area (Å²) in [4.78, 5) is 11.8. The van der Waals surface area contributed by atoms with Gasteiger partial charge in [-0.05, 0) is 36.8 Å². The van der Waals surface area contributed by atoms with E-state index in [1.54, 1.807) is 18.2 Å². The highest BCUT2D eigenvalue weighted by Crippen LogP contribution is 2.16. The van der Waals surface area contributed by atoms with Crippen molar-refractivity contribution in [3.05, 3.63) is 53.9 Å². The Hall–Kier alpha value is -2.08. The molecular weight excluding hydrogens is 264 g/mol. The summed E-state index contributed by atoms with van der Waals surface area (Å²) in [6, 6.07) is 8.80. The fourth-order valence-electron chi connectivity index (χ4n) is 1.75. The van der Waals surface area contributed by atoms with Gasteiger partial charge in [-0.25, -0.2) is 13.1 Å². The van der Waals surface area contributed by atoms with E-state index in [0.29, 0.717) is 5.56 Å². The maximum absolute atomic E-state index is 11.8. The lowest BCUT2D eigenvalue weighted by Crippen LogP contribution is -2.29. The van der Waals surface area contributed by atoms with E-state index in [2.05, 4.69) is 0 Å². The highest BCUT2D eigenvalue weighted by atomic mass is 32.2. The van der Waals surface area contributed by atoms with Crippen molar-refractivity contribution >= 4 is 15.9 Å². The third kappa shape index (κ3) is 3.23. The average molecular weight is 278 g/mol. The molecule has 2 rings (SSSR count). The minimum atomic E-state index is -3.55. The van der Waals surface area contributed by atoms with Gasteiger partial charge in [-0.3, -0.25) is 4.79 Å². The number of aryl methyl sites for hydroxylation is 1. The molecule has 0 saturated heterocycles. The van der Waals surface area contributed by atoms with Crippen LogP contribution in [0.4, 0.5) is 0 Å². The molecule has 0 atom stereocenters. The number of hydrogen-bond donors (Lipinski definition) is 1. The van der Waals surface area contributed by atoms with E-state index >= 15 is 0 Å². The lowest BCUT2D eigenvalue weighted by molar-refractivity contribution is 0.0981. The van der Waals surface area contributed by atoms with Gasteiger partial charge < -0.3 is 4.57 Å². The Labute approximate surface area is 111 Å². The van der Waals surface area contributed by atoms with Gasteiger partial charge in [0, 0.05) is 23.6 Å². The molecule has 0 bridgehead atoms. The number of hydrogen-bond acceptors (Lipinski definition) is 3. The summed E-state index contributed by atoms with van der Waals surface area (Å²) in [6.07, 6.45) is 4.67. The Morgan fingerprint density at radius 2 is 1.84 bits per heavy atom. The highest BCUT2D eigenvalue weighted by molar-refractivity contribution is 7.89. The van der Waals surface area contributed by atoms with Crippen molar-refractivity contribution in [3.63, 3.8) is 0 Å². The topological polar surface area (TPSA) is 68.2 Å². The van der Waals surface area contributed by atoms with Gasteiger partial charge in [0.15, 0.2) is 0 Å². The standard InChI is InChI=1S/C13H14N2O3S/c1-10-5-6-11(13(16)14-19(2,17)18)9-12(10)15-7-3-4-8-15/h3-9H,1-2H3,(H,14,16). The van der Waals surface area contributed by atoms with Gasteiger partial charge in [-0.1, -0.05) is 6.07 Å². The number of rotatable bonds is 3. The van der Waals surface area contributed by atoms with Crippen molar-refractivity contribution in [1.82, 2.24) is 9.29 Å². The molecule has 5 nitrogen and oxygen atoms in total. The molecule has 0 spiro atoms. The van der Waals surface area contributed by atoms with Crippen molar-refractivity contribution in [2.24, 2.45) is 0 Å². The number of aromatic nitrogens is 1. The van der Waals surface area contributed by atoms with Gasteiger partial charge >= 0.3 is 0 Å². The van der Waals surface area contributed by atoms with Crippen LogP contribution in [0.2, 0.25) is 0 Å². The van der Waals surface area contributed by atoms with Crippen molar-refractivity contribution < 1.29 is 13.2 Å². The second-order valence-corrected chi connectivity index (χ2v) is 6.04. The van der Waals surface area contributed by atoms with E-state index in [1.165, 1.54) is 0 Å². The Morgan fingerprint density at radius 1 is 1.21 bits per heavy atom. The fourth-order valence-corrected chi connectivity index (χ4v) is 2.21. The van der Waals surface area contributed by atoms with Crippen LogP contribution in [0.1, 0.15) is 15.9 Å². The molecule has 19 heavy (non-hydrogen) atoms. The van der Waals surface area contributed by atoms with E-state index in [-0.39, 0.29) is 0 Å². The van der Waals surface area contributed by atoms with Crippen LogP contribution in [0, 0.1) is 6.92 Å². The molecule has 0 fully saturated rings. The summed E-state index contributed by atoms with van der Waals surface area (Å²) >= 11 is 0. The Balaban J connectivity index is 2.39. The van der Waals surface area contributed by atoms with E-state index in [0.717, 1.165) is 17.5 Å². The summed E-state index contributed by atoms with van der Waals surface area (Å²) in [6.45, 7) is 1.92. The Bertz CT molecular complexity index is 703. The normalized spacial score (nSPS) is 11.3. The van der Waals surface area contributed by atoms with Gasteiger partial charge in [0.1, 0.15) is 0 Å². The quantitative estimate of drug-likeness (QED) is 0.924. The molecule has 1 heterocycles. The maximum Gasteiger partial charge on any atom is 0.264 e. The second kappa shape index (κ2) is 4.89. The predicted octanol–water partition coefficient (Wildman–Crippen LogP) is 1.48. The van der Waals surface area contributed by atoms with Gasteiger partial charge in [-0.2, -0.15) is 0 Å². The lowest BCUT2D eigenvalue weighted by atomic mass is 10.1. The zero-order chi connectivity index (χ0) is 14.0. The first-order chi connectivity index (χ1) is 8.87. The van der Waals surface area contributed by atoms with Crippen molar-refractivity contribution in [1.29, 1.82) is 0 Å². The molecule has 1 aromatic carbocycles. The van der Waals surface area contributed by atoms with E-state index in [9.17, 15) is 13.2 Å². The summed E-state index contributed by atoms with van der Waals surface area (Å²) in [5.74, 6) is -0.629. The summed E-state index contributed by atoms with van der Waals surface area (Å²) < 4.78 is 25.9. The third-order valence-corrected chi connectivity index (χ3v) is 3.19. The van der Waals surface area contributed by atoms with E-state index < -0.39 is 15.9 Å². The van der Waals surface area contributed by atoms with E-state index in [1.807, 2.05) is 40.7 Å². The minimum absolute atomic E-state index is 0.305. The Morgan fingerprint density at radius 3 is 2.42 bits per heavy atom. The SMILES string of the molecule is Cc1ccc(C(=O)NS(C)(=O)=O)cc1-n1cccc1. The molecule has 100 valence electrons. The largest absolute Gasteiger partial charge is 0.324 e. The van der Waals surface area contributed by atoms with E-state index in [4.69, 9.17) is 0 Å². The molecule has 2 aromatic rings. The number of nitrogens with zero attached hydrogens (tertiary/aromatic N) is 1. The first-order valence-corrected chi connectivity index (χ1v) is 7.52. The molecule has 1 amide bonds. The van der Waals surface area contributed by atoms with Crippen LogP contribution in [0.25, 0.3) is 5.69 Å². The molecule has 1 aromatic heterocycles. The summed E-state index contributed by atoms with van der Waals surface area (Å²) in [7, 11) is -3.55. The maximum atomic E-state index is 11.8. The lowest BCUT2D eigenvalue weighted by Gasteiger charge is -2.10. The monoisotopic (exact) mass is 278 g/mol. The van der Waals surface area contributed by atoms with Crippen LogP contribution in [-0.2, 0) is 10.0 Å². The van der Waals surface area contributed by atoms with Crippen LogP contribution < -0.4 is 4.72 Å². The van der Waals surface area contributed by atoms with Crippen molar-refractivity contribution in [3.8, 4) is 5.69 Å². The molecule has 0 saturated carbocycles. The van der Waals surface area contributed by atoms with Crippen LogP contribution in [0.15, 0.2) is 42.7 Å². The van der Waals surface area contributed by atoms with Crippen molar-refractivity contribution in [2.75, 3.05) is 6.26 Å². The highest BCUT2D eigenvalue weighted by Gasteiger charge is 2.12. The number of nitrogens with one attached hydrogen (secondary N) is 1. The molecule has 1 N–H and O–H groups in total. The minimum Gasteiger partial charge on any atom is -0.324 e.